The smallest absolute Gasteiger partial charge is 0.254 e. The predicted octanol–water partition coefficient (Wildman–Crippen LogP) is 4.64. The van der Waals surface area contributed by atoms with Crippen molar-refractivity contribution < 1.29 is 17.9 Å². The van der Waals surface area contributed by atoms with E-state index in [-0.39, 0.29) is 23.9 Å². The fraction of sp³-hybridized carbons (Fsp3) is 0.708. The summed E-state index contributed by atoms with van der Waals surface area (Å²) in [6.45, 7) is 10.6. The second kappa shape index (κ2) is 10.8. The molecule has 0 radical (unpaired) electrons. The van der Waals surface area contributed by atoms with Gasteiger partial charge in [-0.25, -0.2) is 8.42 Å². The van der Waals surface area contributed by atoms with Gasteiger partial charge in [-0.15, -0.1) is 0 Å². The summed E-state index contributed by atoms with van der Waals surface area (Å²) in [5, 5.41) is 0. The van der Waals surface area contributed by atoms with Gasteiger partial charge in [-0.1, -0.05) is 31.4 Å². The van der Waals surface area contributed by atoms with E-state index in [1.807, 2.05) is 36.9 Å². The Labute approximate surface area is 183 Å². The van der Waals surface area contributed by atoms with Crippen molar-refractivity contribution in [1.82, 2.24) is 4.90 Å². The van der Waals surface area contributed by atoms with E-state index in [0.29, 0.717) is 13.1 Å². The molecule has 0 N–H and O–H groups in total. The number of unbranched alkanes of at least 4 members (excludes halogenated alkanes) is 4. The van der Waals surface area contributed by atoms with E-state index in [0.717, 1.165) is 44.1 Å². The van der Waals surface area contributed by atoms with Gasteiger partial charge in [0, 0.05) is 18.7 Å². The summed E-state index contributed by atoms with van der Waals surface area (Å²) in [4.78, 5) is 14.8. The van der Waals surface area contributed by atoms with Crippen LogP contribution in [0.2, 0.25) is 0 Å². The summed E-state index contributed by atoms with van der Waals surface area (Å²) >= 11 is 0. The fourth-order valence-corrected chi connectivity index (χ4v) is 5.04. The average Bonchev–Trinajstić information content (AvgIpc) is 2.65. The Morgan fingerprint density at radius 1 is 1.03 bits per heavy atom. The van der Waals surface area contributed by atoms with E-state index in [9.17, 15) is 13.2 Å². The molecule has 1 amide bonds. The molecule has 1 aromatic carbocycles. The van der Waals surface area contributed by atoms with Crippen molar-refractivity contribution >= 4 is 15.7 Å². The molecule has 0 saturated carbocycles. The third kappa shape index (κ3) is 7.38. The molecule has 5 nitrogen and oxygen atoms in total. The van der Waals surface area contributed by atoms with E-state index in [4.69, 9.17) is 4.74 Å². The van der Waals surface area contributed by atoms with Crippen LogP contribution in [0.4, 0.5) is 0 Å². The zero-order valence-corrected chi connectivity index (χ0v) is 20.1. The second-order valence-electron chi connectivity index (χ2n) is 9.62. The third-order valence-electron chi connectivity index (χ3n) is 5.69. The molecule has 1 fully saturated rings. The van der Waals surface area contributed by atoms with Crippen molar-refractivity contribution in [2.75, 3.05) is 18.8 Å². The number of amides is 1. The minimum atomic E-state index is -3.01. The number of sulfone groups is 1. The first-order chi connectivity index (χ1) is 14.0. The van der Waals surface area contributed by atoms with Crippen LogP contribution in [-0.4, -0.2) is 55.0 Å². The van der Waals surface area contributed by atoms with E-state index in [2.05, 4.69) is 6.07 Å². The lowest BCUT2D eigenvalue weighted by molar-refractivity contribution is -0.0586. The average molecular weight is 438 g/mol. The highest BCUT2D eigenvalue weighted by Gasteiger charge is 2.28. The van der Waals surface area contributed by atoms with Crippen molar-refractivity contribution in [3.05, 3.63) is 35.4 Å². The van der Waals surface area contributed by atoms with Crippen LogP contribution in [0.25, 0.3) is 0 Å². The number of carbonyl (C=O) groups is 1. The molecular weight excluding hydrogens is 398 g/mol. The van der Waals surface area contributed by atoms with Gasteiger partial charge in [0.15, 0.2) is 9.84 Å². The Morgan fingerprint density at radius 3 is 2.27 bits per heavy atom. The first-order valence-corrected chi connectivity index (χ1v) is 12.9. The molecule has 1 aliphatic heterocycles. The molecule has 6 heteroatoms. The van der Waals surface area contributed by atoms with Gasteiger partial charge in [0.1, 0.15) is 0 Å². The number of nitrogens with zero attached hydrogens (tertiary/aromatic N) is 1. The van der Waals surface area contributed by atoms with E-state index in [1.54, 1.807) is 20.8 Å². The van der Waals surface area contributed by atoms with Crippen LogP contribution in [0.3, 0.4) is 0 Å². The molecule has 2 atom stereocenters. The highest BCUT2D eigenvalue weighted by atomic mass is 32.2. The van der Waals surface area contributed by atoms with Crippen molar-refractivity contribution in [3.63, 3.8) is 0 Å². The number of ether oxygens (including phenoxy) is 1. The Bertz CT molecular complexity index is 788. The van der Waals surface area contributed by atoms with Crippen LogP contribution in [0, 0.1) is 0 Å². The van der Waals surface area contributed by atoms with Gasteiger partial charge in [-0.3, -0.25) is 4.79 Å². The number of hydrogen-bond donors (Lipinski definition) is 0. The third-order valence-corrected chi connectivity index (χ3v) is 8.38. The normalized spacial score (nSPS) is 20.4. The first-order valence-electron chi connectivity index (χ1n) is 11.3. The maximum atomic E-state index is 12.9. The second-order valence-corrected chi connectivity index (χ2v) is 12.5. The monoisotopic (exact) mass is 437 g/mol. The van der Waals surface area contributed by atoms with E-state index < -0.39 is 14.6 Å². The molecule has 1 heterocycles. The van der Waals surface area contributed by atoms with Crippen LogP contribution < -0.4 is 0 Å². The van der Waals surface area contributed by atoms with Gasteiger partial charge >= 0.3 is 0 Å². The Kier molecular flexibility index (Phi) is 8.92. The summed E-state index contributed by atoms with van der Waals surface area (Å²) in [5.74, 6) is 0.360. The zero-order valence-electron chi connectivity index (χ0n) is 19.3. The Balaban J connectivity index is 1.74. The maximum absolute atomic E-state index is 12.9. The maximum Gasteiger partial charge on any atom is 0.254 e. The number of rotatable bonds is 9. The summed E-state index contributed by atoms with van der Waals surface area (Å²) < 4.78 is 29.3. The molecule has 1 aliphatic rings. The minimum absolute atomic E-state index is 0.0688. The minimum Gasteiger partial charge on any atom is -0.372 e. The lowest BCUT2D eigenvalue weighted by Gasteiger charge is -2.35. The summed E-state index contributed by atoms with van der Waals surface area (Å²) in [6.07, 6.45) is 5.93. The van der Waals surface area contributed by atoms with Crippen molar-refractivity contribution in [1.29, 1.82) is 0 Å². The molecule has 2 rings (SSSR count). The number of morpholine rings is 1. The molecule has 1 saturated heterocycles. The number of carbonyl (C=O) groups excluding carboxylic acids is 1. The molecule has 30 heavy (non-hydrogen) atoms. The van der Waals surface area contributed by atoms with Gasteiger partial charge in [0.2, 0.25) is 0 Å². The van der Waals surface area contributed by atoms with Gasteiger partial charge in [0.05, 0.1) is 22.7 Å². The fourth-order valence-electron chi connectivity index (χ4n) is 3.84. The molecule has 0 bridgehead atoms. The molecule has 1 aromatic rings. The highest BCUT2D eigenvalue weighted by molar-refractivity contribution is 7.92. The summed E-state index contributed by atoms with van der Waals surface area (Å²) in [7, 11) is -3.01. The van der Waals surface area contributed by atoms with Crippen molar-refractivity contribution in [2.45, 2.75) is 90.1 Å². The van der Waals surface area contributed by atoms with Crippen LogP contribution in [-0.2, 0) is 21.0 Å². The van der Waals surface area contributed by atoms with Crippen LogP contribution in [0.15, 0.2) is 24.3 Å². The van der Waals surface area contributed by atoms with Gasteiger partial charge < -0.3 is 9.64 Å². The summed E-state index contributed by atoms with van der Waals surface area (Å²) in [6, 6.07) is 7.96. The molecule has 170 valence electrons. The molecule has 0 aliphatic carbocycles. The van der Waals surface area contributed by atoms with E-state index >= 15 is 0 Å². The van der Waals surface area contributed by atoms with Crippen LogP contribution in [0.1, 0.15) is 82.6 Å². The lowest BCUT2D eigenvalue weighted by Crippen LogP contribution is -2.48. The SMILES string of the molecule is C[C@@H]1CN(C(=O)c2cccc(CCCCCCCS(=O)(=O)C(C)(C)C)c2)C[C@H](C)O1. The quantitative estimate of drug-likeness (QED) is 0.528. The van der Waals surface area contributed by atoms with Crippen LogP contribution >= 0.6 is 0 Å². The first kappa shape index (κ1) is 24.9. The number of aryl methyl sites for hydroxylation is 1. The largest absolute Gasteiger partial charge is 0.372 e. The van der Waals surface area contributed by atoms with Gasteiger partial charge in [-0.2, -0.15) is 0 Å². The molecule has 0 aromatic heterocycles. The lowest BCUT2D eigenvalue weighted by atomic mass is 10.0. The molecule has 0 unspecified atom stereocenters. The van der Waals surface area contributed by atoms with Crippen LogP contribution in [0.5, 0.6) is 0 Å². The number of benzene rings is 1. The van der Waals surface area contributed by atoms with Crippen molar-refractivity contribution in [3.8, 4) is 0 Å². The van der Waals surface area contributed by atoms with Gasteiger partial charge in [0.25, 0.3) is 5.91 Å². The molecule has 0 spiro atoms. The van der Waals surface area contributed by atoms with Crippen molar-refractivity contribution in [2.24, 2.45) is 0 Å². The highest BCUT2D eigenvalue weighted by Crippen LogP contribution is 2.19. The predicted molar refractivity (Wildman–Crippen MR) is 123 cm³/mol. The topological polar surface area (TPSA) is 63.7 Å². The molecular formula is C24H39NO4S. The summed E-state index contributed by atoms with van der Waals surface area (Å²) in [5.41, 5.74) is 1.94. The Hall–Kier alpha value is -1.40. The standard InChI is InChI=1S/C24H39NO4S/c1-19-17-25(18-20(2)29-19)23(26)22-14-11-13-21(16-22)12-9-7-6-8-10-15-30(27,28)24(3,4)5/h11,13-14,16,19-20H,6-10,12,15,17-18H2,1-5H3/t19-,20+. The zero-order chi connectivity index (χ0) is 22.4. The Morgan fingerprint density at radius 2 is 1.63 bits per heavy atom. The van der Waals surface area contributed by atoms with Gasteiger partial charge in [-0.05, 0) is 71.6 Å². The number of hydrogen-bond acceptors (Lipinski definition) is 4. The van der Waals surface area contributed by atoms with E-state index in [1.165, 1.54) is 5.56 Å².